The quantitative estimate of drug-likeness (QED) is 0.927. The molecule has 1 aromatic heterocycles. The van der Waals surface area contributed by atoms with Crippen molar-refractivity contribution < 1.29 is 4.52 Å². The van der Waals surface area contributed by atoms with Crippen LogP contribution < -0.4 is 5.73 Å². The van der Waals surface area contributed by atoms with Gasteiger partial charge in [-0.15, -0.1) is 0 Å². The van der Waals surface area contributed by atoms with E-state index in [-0.39, 0.29) is 12.0 Å². The van der Waals surface area contributed by atoms with Crippen molar-refractivity contribution in [2.45, 2.75) is 44.1 Å². The normalized spacial score (nSPS) is 22.4. The lowest BCUT2D eigenvalue weighted by atomic mass is 9.86. The number of aromatic nitrogens is 2. The fourth-order valence-corrected chi connectivity index (χ4v) is 3.27. The summed E-state index contributed by atoms with van der Waals surface area (Å²) in [5.74, 6) is 1.63. The second kappa shape index (κ2) is 6.34. The lowest BCUT2D eigenvalue weighted by Crippen LogP contribution is -2.26. The van der Waals surface area contributed by atoms with Crippen molar-refractivity contribution in [3.8, 4) is 0 Å². The van der Waals surface area contributed by atoms with Crippen molar-refractivity contribution in [1.82, 2.24) is 10.1 Å². The predicted molar refractivity (Wildman–Crippen MR) is 82.8 cm³/mol. The monoisotopic (exact) mass is 325 g/mol. The number of hydrogen-bond acceptors (Lipinski definition) is 4. The van der Waals surface area contributed by atoms with Gasteiger partial charge in [-0.05, 0) is 37.0 Å². The van der Waals surface area contributed by atoms with E-state index in [1.54, 1.807) is 6.07 Å². The third kappa shape index (κ3) is 3.57. The van der Waals surface area contributed by atoms with Crippen LogP contribution >= 0.6 is 23.2 Å². The smallest absolute Gasteiger partial charge is 0.229 e. The van der Waals surface area contributed by atoms with Crippen molar-refractivity contribution in [3.63, 3.8) is 0 Å². The summed E-state index contributed by atoms with van der Waals surface area (Å²) >= 11 is 12.1. The topological polar surface area (TPSA) is 64.9 Å². The summed E-state index contributed by atoms with van der Waals surface area (Å²) in [6.07, 6.45) is 4.73. The predicted octanol–water partition coefficient (Wildman–Crippen LogP) is 3.95. The van der Waals surface area contributed by atoms with Crippen LogP contribution in [0.15, 0.2) is 22.7 Å². The Hall–Kier alpha value is -1.10. The first kappa shape index (κ1) is 14.8. The Morgan fingerprint density at radius 3 is 2.90 bits per heavy atom. The molecule has 2 N–H and O–H groups in total. The van der Waals surface area contributed by atoms with Gasteiger partial charge in [-0.2, -0.15) is 4.98 Å². The van der Waals surface area contributed by atoms with Crippen LogP contribution in [0.25, 0.3) is 0 Å². The third-order valence-corrected chi connectivity index (χ3v) is 4.50. The molecule has 2 aromatic rings. The highest BCUT2D eigenvalue weighted by atomic mass is 35.5. The van der Waals surface area contributed by atoms with E-state index in [2.05, 4.69) is 10.1 Å². The molecule has 0 saturated heterocycles. The van der Waals surface area contributed by atoms with Gasteiger partial charge in [0.05, 0.1) is 0 Å². The molecule has 1 fully saturated rings. The fraction of sp³-hybridized carbons (Fsp3) is 0.467. The van der Waals surface area contributed by atoms with Gasteiger partial charge in [0.2, 0.25) is 5.89 Å². The summed E-state index contributed by atoms with van der Waals surface area (Å²) in [7, 11) is 0. The van der Waals surface area contributed by atoms with E-state index in [0.717, 1.165) is 31.2 Å². The van der Waals surface area contributed by atoms with Gasteiger partial charge in [-0.1, -0.05) is 40.8 Å². The summed E-state index contributed by atoms with van der Waals surface area (Å²) in [5, 5.41) is 5.29. The molecule has 1 aliphatic carbocycles. The van der Waals surface area contributed by atoms with Crippen LogP contribution in [0.1, 0.15) is 48.9 Å². The Kier molecular flexibility index (Phi) is 4.48. The van der Waals surface area contributed by atoms with E-state index in [0.29, 0.717) is 28.2 Å². The average molecular weight is 326 g/mol. The Morgan fingerprint density at radius 1 is 1.29 bits per heavy atom. The van der Waals surface area contributed by atoms with Crippen molar-refractivity contribution >= 4 is 23.2 Å². The summed E-state index contributed by atoms with van der Waals surface area (Å²) in [6, 6.07) is 5.66. The maximum Gasteiger partial charge on any atom is 0.229 e. The Bertz CT molecular complexity index is 629. The molecule has 0 amide bonds. The molecular weight excluding hydrogens is 309 g/mol. The molecule has 112 valence electrons. The van der Waals surface area contributed by atoms with Crippen molar-refractivity contribution in [2.75, 3.05) is 0 Å². The van der Waals surface area contributed by atoms with Crippen LogP contribution in [-0.4, -0.2) is 16.2 Å². The van der Waals surface area contributed by atoms with E-state index in [4.69, 9.17) is 33.5 Å². The van der Waals surface area contributed by atoms with Crippen LogP contribution in [0.2, 0.25) is 10.0 Å². The molecule has 0 aliphatic heterocycles. The Labute approximate surface area is 133 Å². The highest BCUT2D eigenvalue weighted by Crippen LogP contribution is 2.31. The van der Waals surface area contributed by atoms with Crippen LogP contribution in [0.5, 0.6) is 0 Å². The van der Waals surface area contributed by atoms with Gasteiger partial charge in [0, 0.05) is 28.4 Å². The Balaban J connectivity index is 1.72. The summed E-state index contributed by atoms with van der Waals surface area (Å²) in [4.78, 5) is 4.50. The minimum atomic E-state index is 0.241. The van der Waals surface area contributed by atoms with Gasteiger partial charge in [-0.25, -0.2) is 0 Å². The maximum atomic E-state index is 6.17. The highest BCUT2D eigenvalue weighted by Gasteiger charge is 2.25. The van der Waals surface area contributed by atoms with E-state index >= 15 is 0 Å². The number of rotatable bonds is 3. The SMILES string of the molecule is NC1CCCC(c2nc(Cc3ccc(Cl)cc3Cl)no2)C1. The highest BCUT2D eigenvalue weighted by molar-refractivity contribution is 6.35. The summed E-state index contributed by atoms with van der Waals surface area (Å²) < 4.78 is 5.40. The number of nitrogens with two attached hydrogens (primary N) is 1. The molecule has 3 rings (SSSR count). The van der Waals surface area contributed by atoms with Crippen molar-refractivity contribution in [3.05, 3.63) is 45.5 Å². The van der Waals surface area contributed by atoms with Gasteiger partial charge >= 0.3 is 0 Å². The second-order valence-corrected chi connectivity index (χ2v) is 6.43. The second-order valence-electron chi connectivity index (χ2n) is 5.58. The van der Waals surface area contributed by atoms with Crippen LogP contribution in [0.3, 0.4) is 0 Å². The Morgan fingerprint density at radius 2 is 2.14 bits per heavy atom. The van der Waals surface area contributed by atoms with Crippen LogP contribution in [0, 0.1) is 0 Å². The number of halogens is 2. The molecule has 1 aromatic carbocycles. The maximum absolute atomic E-state index is 6.17. The van der Waals surface area contributed by atoms with E-state index in [9.17, 15) is 0 Å². The first-order valence-electron chi connectivity index (χ1n) is 7.14. The van der Waals surface area contributed by atoms with E-state index < -0.39 is 0 Å². The van der Waals surface area contributed by atoms with Gasteiger partial charge < -0.3 is 10.3 Å². The molecule has 21 heavy (non-hydrogen) atoms. The summed E-state index contributed by atoms with van der Waals surface area (Å²) in [6.45, 7) is 0. The zero-order valence-corrected chi connectivity index (χ0v) is 13.1. The minimum absolute atomic E-state index is 0.241. The molecule has 2 atom stereocenters. The molecule has 1 saturated carbocycles. The van der Waals surface area contributed by atoms with E-state index in [1.807, 2.05) is 12.1 Å². The third-order valence-electron chi connectivity index (χ3n) is 3.91. The molecule has 0 bridgehead atoms. The molecule has 1 aliphatic rings. The first-order chi connectivity index (χ1) is 10.1. The lowest BCUT2D eigenvalue weighted by molar-refractivity contribution is 0.297. The zero-order chi connectivity index (χ0) is 14.8. The van der Waals surface area contributed by atoms with Crippen LogP contribution in [0.4, 0.5) is 0 Å². The number of benzene rings is 1. The lowest BCUT2D eigenvalue weighted by Gasteiger charge is -2.23. The number of nitrogens with zero attached hydrogens (tertiary/aromatic N) is 2. The average Bonchev–Trinajstić information content (AvgIpc) is 2.91. The molecule has 0 radical (unpaired) electrons. The fourth-order valence-electron chi connectivity index (χ4n) is 2.79. The van der Waals surface area contributed by atoms with Gasteiger partial charge in [-0.3, -0.25) is 0 Å². The van der Waals surface area contributed by atoms with Gasteiger partial charge in [0.15, 0.2) is 5.82 Å². The molecular formula is C15H17Cl2N3O. The standard InChI is InChI=1S/C15H17Cl2N3O/c16-11-5-4-9(13(17)8-11)7-14-19-15(21-20-14)10-2-1-3-12(18)6-10/h4-5,8,10,12H,1-3,6-7,18H2. The first-order valence-corrected chi connectivity index (χ1v) is 7.89. The van der Waals surface area contributed by atoms with E-state index in [1.165, 1.54) is 0 Å². The van der Waals surface area contributed by atoms with Gasteiger partial charge in [0.1, 0.15) is 0 Å². The molecule has 4 nitrogen and oxygen atoms in total. The largest absolute Gasteiger partial charge is 0.339 e. The minimum Gasteiger partial charge on any atom is -0.339 e. The van der Waals surface area contributed by atoms with Gasteiger partial charge in [0.25, 0.3) is 0 Å². The van der Waals surface area contributed by atoms with Crippen molar-refractivity contribution in [1.29, 1.82) is 0 Å². The molecule has 2 unspecified atom stereocenters. The zero-order valence-electron chi connectivity index (χ0n) is 11.6. The summed E-state index contributed by atoms with van der Waals surface area (Å²) in [5.41, 5.74) is 6.95. The number of hydrogen-bond donors (Lipinski definition) is 1. The molecule has 0 spiro atoms. The van der Waals surface area contributed by atoms with Crippen molar-refractivity contribution in [2.24, 2.45) is 5.73 Å². The molecule has 1 heterocycles. The van der Waals surface area contributed by atoms with Crippen LogP contribution in [-0.2, 0) is 6.42 Å². The molecule has 6 heteroatoms.